The molecule has 1 amide bonds. The van der Waals surface area contributed by atoms with Crippen LogP contribution in [0.25, 0.3) is 5.57 Å². The summed E-state index contributed by atoms with van der Waals surface area (Å²) in [6.07, 6.45) is -0.330. The van der Waals surface area contributed by atoms with Crippen LogP contribution in [0, 0.1) is 11.8 Å². The van der Waals surface area contributed by atoms with Crippen LogP contribution in [-0.4, -0.2) is 29.2 Å². The molecule has 5 rings (SSSR count). The van der Waals surface area contributed by atoms with Crippen molar-refractivity contribution in [2.24, 2.45) is 11.8 Å². The highest BCUT2D eigenvalue weighted by molar-refractivity contribution is 6.04. The summed E-state index contributed by atoms with van der Waals surface area (Å²) in [6, 6.07) is 17.8. The molecule has 0 radical (unpaired) electrons. The average molecular weight is 418 g/mol. The summed E-state index contributed by atoms with van der Waals surface area (Å²) in [5, 5.41) is 0. The number of hydrogen-bond donors (Lipinski definition) is 0. The predicted octanol–water partition coefficient (Wildman–Crippen LogP) is 5.30. The maximum Gasteiger partial charge on any atom is 0.411 e. The van der Waals surface area contributed by atoms with Crippen molar-refractivity contribution in [3.63, 3.8) is 0 Å². The Morgan fingerprint density at radius 1 is 0.903 bits per heavy atom. The molecule has 0 saturated carbocycles. The minimum absolute atomic E-state index is 0.0502. The van der Waals surface area contributed by atoms with E-state index in [1.165, 1.54) is 0 Å². The minimum atomic E-state index is -0.593. The summed E-state index contributed by atoms with van der Waals surface area (Å²) in [5.41, 5.74) is 4.38. The van der Waals surface area contributed by atoms with Gasteiger partial charge in [0.15, 0.2) is 0 Å². The smallest absolute Gasteiger partial charge is 0.411 e. The Labute approximate surface area is 182 Å². The summed E-state index contributed by atoms with van der Waals surface area (Å²) in [5.74, 6) is -0.312. The van der Waals surface area contributed by atoms with Crippen molar-refractivity contribution in [3.8, 4) is 0 Å². The van der Waals surface area contributed by atoms with E-state index in [1.54, 1.807) is 0 Å². The van der Waals surface area contributed by atoms with Gasteiger partial charge in [0.1, 0.15) is 5.60 Å². The van der Waals surface area contributed by atoms with Gasteiger partial charge in [-0.1, -0.05) is 54.6 Å². The molecule has 1 aliphatic carbocycles. The van der Waals surface area contributed by atoms with Crippen LogP contribution in [0.15, 0.2) is 60.2 Å². The molecule has 0 spiro atoms. The van der Waals surface area contributed by atoms with Gasteiger partial charge in [0.25, 0.3) is 0 Å². The van der Waals surface area contributed by atoms with Gasteiger partial charge in [0.2, 0.25) is 0 Å². The Hall–Kier alpha value is -3.08. The fraction of sp³-hybridized carbons (Fsp3) is 0.385. The Morgan fingerprint density at radius 2 is 1.48 bits per heavy atom. The molecule has 1 fully saturated rings. The van der Waals surface area contributed by atoms with Gasteiger partial charge in [-0.3, -0.25) is 4.90 Å². The SMILES string of the molecule is CCOC(=O)C1=C(c2ccccc2)[C@@H]2[C@H]1[C@H]1c3ccccc3[C@@H]2N1C(=O)OC(C)(C)C. The van der Waals surface area contributed by atoms with Crippen molar-refractivity contribution in [1.29, 1.82) is 0 Å². The van der Waals surface area contributed by atoms with Crippen LogP contribution < -0.4 is 0 Å². The van der Waals surface area contributed by atoms with E-state index in [9.17, 15) is 9.59 Å². The van der Waals surface area contributed by atoms with E-state index >= 15 is 0 Å². The fourth-order valence-corrected chi connectivity index (χ4v) is 5.55. The molecule has 5 heteroatoms. The Kier molecular flexibility index (Phi) is 4.47. The van der Waals surface area contributed by atoms with E-state index < -0.39 is 5.60 Å². The van der Waals surface area contributed by atoms with Crippen LogP contribution in [-0.2, 0) is 14.3 Å². The molecule has 1 saturated heterocycles. The van der Waals surface area contributed by atoms with E-state index in [1.807, 2.05) is 75.1 Å². The van der Waals surface area contributed by atoms with Gasteiger partial charge in [0, 0.05) is 17.4 Å². The van der Waals surface area contributed by atoms with Gasteiger partial charge in [-0.25, -0.2) is 9.59 Å². The standard InChI is InChI=1S/C26H27NO4/c1-5-30-24(28)21-18(15-11-7-6-8-12-15)19-20(21)23-17-14-10-9-13-16(17)22(19)27(23)25(29)31-26(2,3)4/h6-14,19-20,22-23H,5H2,1-4H3/t19-,20-,22+,23-/m1/s1. The first-order valence-electron chi connectivity index (χ1n) is 10.9. The van der Waals surface area contributed by atoms with Crippen molar-refractivity contribution in [2.45, 2.75) is 45.4 Å². The number of carbonyl (C=O) groups is 2. The summed E-state index contributed by atoms with van der Waals surface area (Å²) in [4.78, 5) is 28.2. The number of ether oxygens (including phenoxy) is 2. The second-order valence-corrected chi connectivity index (χ2v) is 9.37. The highest BCUT2D eigenvalue weighted by Gasteiger charge is 2.66. The molecule has 160 valence electrons. The zero-order chi connectivity index (χ0) is 21.9. The third kappa shape index (κ3) is 2.90. The molecular weight excluding hydrogens is 390 g/mol. The third-order valence-electron chi connectivity index (χ3n) is 6.44. The van der Waals surface area contributed by atoms with E-state index in [4.69, 9.17) is 9.47 Å². The summed E-state index contributed by atoms with van der Waals surface area (Å²) < 4.78 is 11.2. The Morgan fingerprint density at radius 3 is 2.06 bits per heavy atom. The van der Waals surface area contributed by atoms with E-state index in [-0.39, 0.29) is 36.0 Å². The number of esters is 1. The van der Waals surface area contributed by atoms with Crippen LogP contribution in [0.4, 0.5) is 4.79 Å². The number of hydrogen-bond acceptors (Lipinski definition) is 4. The van der Waals surface area contributed by atoms with Gasteiger partial charge in [-0.2, -0.15) is 0 Å². The van der Waals surface area contributed by atoms with Crippen molar-refractivity contribution < 1.29 is 19.1 Å². The van der Waals surface area contributed by atoms with Crippen LogP contribution in [0.5, 0.6) is 0 Å². The van der Waals surface area contributed by atoms with Crippen LogP contribution in [0.3, 0.4) is 0 Å². The number of nitrogens with zero attached hydrogens (tertiary/aromatic N) is 1. The number of fused-ring (bicyclic) bond motifs is 8. The van der Waals surface area contributed by atoms with Crippen LogP contribution in [0.1, 0.15) is 56.5 Å². The molecule has 2 aromatic carbocycles. The van der Waals surface area contributed by atoms with E-state index in [0.29, 0.717) is 12.2 Å². The quantitative estimate of drug-likeness (QED) is 0.636. The van der Waals surface area contributed by atoms with Gasteiger partial charge in [-0.05, 0) is 50.0 Å². The van der Waals surface area contributed by atoms with Crippen molar-refractivity contribution >= 4 is 17.6 Å². The van der Waals surface area contributed by atoms with Crippen LogP contribution >= 0.6 is 0 Å². The molecule has 31 heavy (non-hydrogen) atoms. The normalized spacial score (nSPS) is 25.6. The maximum atomic E-state index is 13.3. The molecular formula is C26H27NO4. The molecule has 5 nitrogen and oxygen atoms in total. The van der Waals surface area contributed by atoms with Gasteiger partial charge < -0.3 is 9.47 Å². The zero-order valence-corrected chi connectivity index (χ0v) is 18.3. The largest absolute Gasteiger partial charge is 0.463 e. The molecule has 4 atom stereocenters. The van der Waals surface area contributed by atoms with Gasteiger partial charge >= 0.3 is 12.1 Å². The van der Waals surface area contributed by atoms with Gasteiger partial charge in [-0.15, -0.1) is 0 Å². The second-order valence-electron chi connectivity index (χ2n) is 9.37. The monoisotopic (exact) mass is 417 g/mol. The van der Waals surface area contributed by atoms with Gasteiger partial charge in [0.05, 0.1) is 18.7 Å². The number of rotatable bonds is 3. The lowest BCUT2D eigenvalue weighted by Gasteiger charge is -2.42. The molecule has 2 aliphatic heterocycles. The first-order valence-corrected chi connectivity index (χ1v) is 10.9. The molecule has 2 heterocycles. The molecule has 0 unspecified atom stereocenters. The highest BCUT2D eigenvalue weighted by atomic mass is 16.6. The number of benzene rings is 2. The third-order valence-corrected chi connectivity index (χ3v) is 6.44. The minimum Gasteiger partial charge on any atom is -0.463 e. The van der Waals surface area contributed by atoms with E-state index in [0.717, 1.165) is 22.3 Å². The zero-order valence-electron chi connectivity index (χ0n) is 18.3. The van der Waals surface area contributed by atoms with Crippen LogP contribution in [0.2, 0.25) is 0 Å². The maximum absolute atomic E-state index is 13.3. The Bertz CT molecular complexity index is 1080. The lowest BCUT2D eigenvalue weighted by Crippen LogP contribution is -2.38. The van der Waals surface area contributed by atoms with E-state index in [2.05, 4.69) is 12.1 Å². The molecule has 2 bridgehead atoms. The van der Waals surface area contributed by atoms with Crippen molar-refractivity contribution in [3.05, 3.63) is 76.9 Å². The molecule has 3 aliphatic rings. The molecule has 2 aromatic rings. The lowest BCUT2D eigenvalue weighted by molar-refractivity contribution is -0.139. The fourth-order valence-electron chi connectivity index (χ4n) is 5.55. The lowest BCUT2D eigenvalue weighted by atomic mass is 9.58. The first-order chi connectivity index (χ1) is 14.8. The summed E-state index contributed by atoms with van der Waals surface area (Å²) in [7, 11) is 0. The molecule has 0 N–H and O–H groups in total. The van der Waals surface area contributed by atoms with Crippen molar-refractivity contribution in [2.75, 3.05) is 6.61 Å². The summed E-state index contributed by atoms with van der Waals surface area (Å²) >= 11 is 0. The number of amides is 1. The predicted molar refractivity (Wildman–Crippen MR) is 117 cm³/mol. The Balaban J connectivity index is 1.64. The number of carbonyl (C=O) groups excluding carboxylic acids is 2. The topological polar surface area (TPSA) is 55.8 Å². The van der Waals surface area contributed by atoms with Crippen molar-refractivity contribution in [1.82, 2.24) is 4.90 Å². The first kappa shape index (κ1) is 19.9. The average Bonchev–Trinajstić information content (AvgIpc) is 3.16. The molecule has 0 aromatic heterocycles. The highest BCUT2D eigenvalue weighted by Crippen LogP contribution is 2.70. The second kappa shape index (κ2) is 6.98. The summed E-state index contributed by atoms with van der Waals surface area (Å²) in [6.45, 7) is 7.77.